The van der Waals surface area contributed by atoms with E-state index in [1.54, 1.807) is 0 Å². The van der Waals surface area contributed by atoms with Crippen LogP contribution in [-0.2, 0) is 15.9 Å². The number of nitrogens with two attached hydrogens (primary N) is 1. The van der Waals surface area contributed by atoms with Gasteiger partial charge in [-0.3, -0.25) is 9.11 Å². The summed E-state index contributed by atoms with van der Waals surface area (Å²) in [5.74, 6) is 0. The molecule has 5 nitrogen and oxygen atoms in total. The maximum Gasteiger partial charge on any atom is 0.394 e. The summed E-state index contributed by atoms with van der Waals surface area (Å²) >= 11 is 0. The highest BCUT2D eigenvalue weighted by Gasteiger charge is 2.11. The van der Waals surface area contributed by atoms with Gasteiger partial charge in [0.25, 0.3) is 0 Å². The Morgan fingerprint density at radius 1 is 1.13 bits per heavy atom. The van der Waals surface area contributed by atoms with E-state index in [2.05, 4.69) is 0 Å². The number of hydrogen-bond acceptors (Lipinski definition) is 3. The Morgan fingerprint density at radius 3 is 1.67 bits per heavy atom. The molecule has 0 aliphatic heterocycles. The van der Waals surface area contributed by atoms with E-state index < -0.39 is 10.4 Å². The first-order chi connectivity index (χ1) is 6.61. The van der Waals surface area contributed by atoms with Gasteiger partial charge in [0, 0.05) is 5.54 Å². The van der Waals surface area contributed by atoms with E-state index in [9.17, 15) is 0 Å². The van der Waals surface area contributed by atoms with Crippen LogP contribution in [-0.4, -0.2) is 17.5 Å². The van der Waals surface area contributed by atoms with Crippen molar-refractivity contribution in [2.75, 3.05) is 0 Å². The van der Waals surface area contributed by atoms with Crippen molar-refractivity contribution in [3.63, 3.8) is 0 Å². The normalized spacial score (nSPS) is 11.5. The summed E-state index contributed by atoms with van der Waals surface area (Å²) < 4.78 is 31.6. The summed E-state index contributed by atoms with van der Waals surface area (Å²) in [4.78, 5) is 0. The van der Waals surface area contributed by atoms with E-state index in [0.717, 1.165) is 0 Å². The molecule has 1 aromatic carbocycles. The smallest absolute Gasteiger partial charge is 0.322 e. The average Bonchev–Trinajstić information content (AvgIpc) is 2.01. The van der Waals surface area contributed by atoms with Crippen LogP contribution in [0.3, 0.4) is 0 Å². The third-order valence-corrected chi connectivity index (χ3v) is 1.52. The summed E-state index contributed by atoms with van der Waals surface area (Å²) in [6, 6.07) is 10.1. The summed E-state index contributed by atoms with van der Waals surface area (Å²) in [5.41, 5.74) is 6.83. The topological polar surface area (TPSA) is 101 Å². The molecule has 0 spiro atoms. The van der Waals surface area contributed by atoms with Crippen LogP contribution in [0.1, 0.15) is 19.4 Å². The highest BCUT2D eigenvalue weighted by Crippen LogP contribution is 2.14. The van der Waals surface area contributed by atoms with Gasteiger partial charge in [-0.2, -0.15) is 8.42 Å². The number of benzene rings is 1. The maximum absolute atomic E-state index is 8.74. The fraction of sp³-hybridized carbons (Fsp3) is 0.333. The van der Waals surface area contributed by atoms with E-state index in [-0.39, 0.29) is 5.54 Å². The Bertz CT molecular complexity index is 372. The van der Waals surface area contributed by atoms with Crippen molar-refractivity contribution in [2.24, 2.45) is 5.73 Å². The Balaban J connectivity index is 0.000000336. The molecule has 1 aromatic rings. The van der Waals surface area contributed by atoms with Crippen molar-refractivity contribution >= 4 is 10.4 Å². The molecule has 0 aromatic heterocycles. The van der Waals surface area contributed by atoms with Crippen molar-refractivity contribution in [1.29, 1.82) is 0 Å². The van der Waals surface area contributed by atoms with Crippen LogP contribution in [0.2, 0.25) is 0 Å². The fourth-order valence-electron chi connectivity index (χ4n) is 0.868. The molecule has 0 amide bonds. The molecule has 6 heteroatoms. The van der Waals surface area contributed by atoms with E-state index in [4.69, 9.17) is 23.3 Å². The molecule has 0 saturated carbocycles. The van der Waals surface area contributed by atoms with Crippen LogP contribution in [0.25, 0.3) is 0 Å². The molecule has 0 unspecified atom stereocenters. The lowest BCUT2D eigenvalue weighted by Crippen LogP contribution is -2.28. The van der Waals surface area contributed by atoms with E-state index in [1.807, 2.05) is 44.2 Å². The van der Waals surface area contributed by atoms with Gasteiger partial charge in [0.1, 0.15) is 0 Å². The number of rotatable bonds is 1. The lowest BCUT2D eigenvalue weighted by atomic mass is 9.96. The van der Waals surface area contributed by atoms with Gasteiger partial charge in [-0.1, -0.05) is 30.3 Å². The van der Waals surface area contributed by atoms with Crippen molar-refractivity contribution in [3.8, 4) is 0 Å². The Labute approximate surface area is 89.5 Å². The maximum atomic E-state index is 8.74. The van der Waals surface area contributed by atoms with Crippen LogP contribution in [0.5, 0.6) is 0 Å². The second-order valence-electron chi connectivity index (χ2n) is 3.54. The highest BCUT2D eigenvalue weighted by atomic mass is 32.3. The fourth-order valence-corrected chi connectivity index (χ4v) is 0.868. The first-order valence-corrected chi connectivity index (χ1v) is 5.54. The molecular weight excluding hydrogens is 218 g/mol. The lowest BCUT2D eigenvalue weighted by Gasteiger charge is -2.18. The van der Waals surface area contributed by atoms with Crippen molar-refractivity contribution in [1.82, 2.24) is 0 Å². The summed E-state index contributed by atoms with van der Waals surface area (Å²) in [6.45, 7) is 4.00. The highest BCUT2D eigenvalue weighted by molar-refractivity contribution is 7.79. The van der Waals surface area contributed by atoms with Gasteiger partial charge < -0.3 is 5.73 Å². The van der Waals surface area contributed by atoms with Gasteiger partial charge in [0.15, 0.2) is 0 Å². The van der Waals surface area contributed by atoms with E-state index in [0.29, 0.717) is 0 Å². The van der Waals surface area contributed by atoms with Crippen molar-refractivity contribution in [3.05, 3.63) is 35.9 Å². The number of hydrogen-bond donors (Lipinski definition) is 3. The van der Waals surface area contributed by atoms with Gasteiger partial charge in [0.05, 0.1) is 0 Å². The predicted molar refractivity (Wildman–Crippen MR) is 57.8 cm³/mol. The molecule has 1 rings (SSSR count). The third kappa shape index (κ3) is 9.36. The molecule has 0 aliphatic carbocycles. The van der Waals surface area contributed by atoms with Crippen LogP contribution in [0.4, 0.5) is 0 Å². The molecule has 0 bridgehead atoms. The molecule has 0 heterocycles. The Morgan fingerprint density at radius 2 is 1.47 bits per heavy atom. The Hall–Kier alpha value is -0.950. The zero-order chi connectivity index (χ0) is 12.1. The van der Waals surface area contributed by atoms with Gasteiger partial charge in [-0.05, 0) is 19.4 Å². The third-order valence-electron chi connectivity index (χ3n) is 1.52. The predicted octanol–water partition coefficient (Wildman–Crippen LogP) is 1.23. The van der Waals surface area contributed by atoms with Gasteiger partial charge >= 0.3 is 10.4 Å². The quantitative estimate of drug-likeness (QED) is 0.633. The average molecular weight is 233 g/mol. The second kappa shape index (κ2) is 5.22. The molecule has 0 fully saturated rings. The van der Waals surface area contributed by atoms with Crippen molar-refractivity contribution in [2.45, 2.75) is 19.4 Å². The largest absolute Gasteiger partial charge is 0.394 e. The summed E-state index contributed by atoms with van der Waals surface area (Å²) in [7, 11) is -4.67. The molecule has 4 N–H and O–H groups in total. The second-order valence-corrected chi connectivity index (χ2v) is 4.43. The first-order valence-electron chi connectivity index (χ1n) is 4.15. The van der Waals surface area contributed by atoms with Crippen LogP contribution in [0, 0.1) is 0 Å². The molecule has 0 aliphatic rings. The van der Waals surface area contributed by atoms with Gasteiger partial charge in [-0.15, -0.1) is 0 Å². The van der Waals surface area contributed by atoms with Crippen LogP contribution < -0.4 is 5.73 Å². The van der Waals surface area contributed by atoms with Gasteiger partial charge in [-0.25, -0.2) is 0 Å². The van der Waals surface area contributed by atoms with E-state index in [1.165, 1.54) is 5.56 Å². The summed E-state index contributed by atoms with van der Waals surface area (Å²) in [6.07, 6.45) is 0. The molecule has 0 atom stereocenters. The Kier molecular flexibility index (Phi) is 4.89. The van der Waals surface area contributed by atoms with Crippen molar-refractivity contribution < 1.29 is 17.5 Å². The van der Waals surface area contributed by atoms with E-state index >= 15 is 0 Å². The van der Waals surface area contributed by atoms with Gasteiger partial charge in [0.2, 0.25) is 0 Å². The lowest BCUT2D eigenvalue weighted by molar-refractivity contribution is 0.381. The molecular formula is C9H15NO4S. The zero-order valence-electron chi connectivity index (χ0n) is 8.58. The summed E-state index contributed by atoms with van der Waals surface area (Å²) in [5, 5.41) is 0. The SMILES string of the molecule is CC(C)(N)c1ccccc1.O=S(=O)(O)O. The minimum Gasteiger partial charge on any atom is -0.322 e. The molecule has 15 heavy (non-hydrogen) atoms. The van der Waals surface area contributed by atoms with Crippen LogP contribution in [0.15, 0.2) is 30.3 Å². The zero-order valence-corrected chi connectivity index (χ0v) is 9.40. The monoisotopic (exact) mass is 233 g/mol. The molecule has 0 radical (unpaired) electrons. The molecule has 0 saturated heterocycles. The van der Waals surface area contributed by atoms with Crippen LogP contribution >= 0.6 is 0 Å². The standard InChI is InChI=1S/C9H13N.H2O4S/c1-9(2,10)8-6-4-3-5-7-8;1-5(2,3)4/h3-7H,10H2,1-2H3;(H2,1,2,3,4). The molecule has 86 valence electrons. The minimum atomic E-state index is -4.67. The first kappa shape index (κ1) is 14.1. The minimum absolute atomic E-state index is 0.207.